The number of hydrogen-bond donors (Lipinski definition) is 2. The molecule has 0 spiro atoms. The fraction of sp³-hybridized carbons (Fsp3) is 0.556. The molecule has 1 heterocycles. The number of rotatable bonds is 9. The number of carboxylic acids is 1. The maximum absolute atomic E-state index is 10.8. The average Bonchev–Trinajstić information content (AvgIpc) is 2.50. The van der Waals surface area contributed by atoms with Gasteiger partial charge in [-0.3, -0.25) is 4.79 Å². The molecule has 0 aliphatic carbocycles. The summed E-state index contributed by atoms with van der Waals surface area (Å²) >= 11 is 0. The molecule has 0 radical (unpaired) electrons. The Morgan fingerprint density at radius 2 is 2.22 bits per heavy atom. The molecule has 1 aliphatic rings. The quantitative estimate of drug-likeness (QED) is 0.535. The Balaban J connectivity index is 1.76. The zero-order valence-corrected chi connectivity index (χ0v) is 13.6. The summed E-state index contributed by atoms with van der Waals surface area (Å²) in [6.07, 6.45) is 5.34. The van der Waals surface area contributed by atoms with Crippen molar-refractivity contribution in [2.75, 3.05) is 6.61 Å². The zero-order valence-electron chi connectivity index (χ0n) is 13.6. The summed E-state index contributed by atoms with van der Waals surface area (Å²) in [5.74, 6) is 0.792. The van der Waals surface area contributed by atoms with Crippen LogP contribution in [0.4, 0.5) is 0 Å². The molecule has 5 nitrogen and oxygen atoms in total. The first kappa shape index (κ1) is 17.3. The van der Waals surface area contributed by atoms with Crippen molar-refractivity contribution in [3.05, 3.63) is 23.8 Å². The average molecular weight is 319 g/mol. The maximum Gasteiger partial charge on any atom is 0.307 e. The molecule has 1 unspecified atom stereocenters. The second-order valence-electron chi connectivity index (χ2n) is 6.09. The highest BCUT2D eigenvalue weighted by Crippen LogP contribution is 2.31. The third-order valence-corrected chi connectivity index (χ3v) is 3.93. The van der Waals surface area contributed by atoms with Gasteiger partial charge < -0.3 is 20.0 Å². The monoisotopic (exact) mass is 319 g/mol. The second kappa shape index (κ2) is 8.56. The van der Waals surface area contributed by atoms with E-state index in [1.807, 2.05) is 25.1 Å². The highest BCUT2D eigenvalue weighted by atomic mass is 16.5. The fourth-order valence-electron chi connectivity index (χ4n) is 2.71. The van der Waals surface area contributed by atoms with Crippen molar-refractivity contribution in [1.29, 1.82) is 5.41 Å². The van der Waals surface area contributed by atoms with Crippen LogP contribution in [-0.2, 0) is 11.2 Å². The number of unbranched alkanes of at least 4 members (excludes halogenated alkanes) is 2. The minimum absolute atomic E-state index is 0.0485. The first-order valence-corrected chi connectivity index (χ1v) is 8.23. The van der Waals surface area contributed by atoms with Crippen LogP contribution in [0.2, 0.25) is 0 Å². The van der Waals surface area contributed by atoms with Gasteiger partial charge in [-0.25, -0.2) is 0 Å². The van der Waals surface area contributed by atoms with Gasteiger partial charge in [0.05, 0.1) is 13.0 Å². The van der Waals surface area contributed by atoms with Crippen LogP contribution in [-0.4, -0.2) is 29.5 Å². The van der Waals surface area contributed by atoms with Crippen molar-refractivity contribution in [2.24, 2.45) is 0 Å². The minimum atomic E-state index is -0.823. The van der Waals surface area contributed by atoms with Crippen molar-refractivity contribution < 1.29 is 19.4 Å². The third kappa shape index (κ3) is 5.93. The van der Waals surface area contributed by atoms with Gasteiger partial charge in [-0.05, 0) is 69.2 Å². The van der Waals surface area contributed by atoms with Crippen LogP contribution in [0.15, 0.2) is 18.2 Å². The number of aryl methyl sites for hydroxylation is 1. The first-order valence-electron chi connectivity index (χ1n) is 8.23. The van der Waals surface area contributed by atoms with Crippen molar-refractivity contribution in [2.45, 2.75) is 58.0 Å². The summed E-state index contributed by atoms with van der Waals surface area (Å²) in [6.45, 7) is 2.52. The Hall–Kier alpha value is -2.04. The molecule has 5 heteroatoms. The number of hydrogen-bond acceptors (Lipinski definition) is 4. The van der Waals surface area contributed by atoms with Crippen molar-refractivity contribution >= 4 is 11.7 Å². The van der Waals surface area contributed by atoms with Gasteiger partial charge in [-0.15, -0.1) is 0 Å². The molecule has 0 saturated carbocycles. The van der Waals surface area contributed by atoms with Crippen molar-refractivity contribution in [3.8, 4) is 11.5 Å². The van der Waals surface area contributed by atoms with E-state index >= 15 is 0 Å². The van der Waals surface area contributed by atoms with E-state index in [-0.39, 0.29) is 12.5 Å². The van der Waals surface area contributed by atoms with E-state index in [9.17, 15) is 4.79 Å². The number of benzene rings is 1. The fourth-order valence-corrected chi connectivity index (χ4v) is 2.71. The van der Waals surface area contributed by atoms with Gasteiger partial charge in [-0.1, -0.05) is 0 Å². The van der Waals surface area contributed by atoms with Gasteiger partial charge in [0, 0.05) is 5.71 Å². The van der Waals surface area contributed by atoms with E-state index < -0.39 is 5.97 Å². The topological polar surface area (TPSA) is 79.6 Å². The Morgan fingerprint density at radius 1 is 1.39 bits per heavy atom. The summed E-state index contributed by atoms with van der Waals surface area (Å²) in [4.78, 5) is 10.8. The Bertz CT molecular complexity index is 556. The summed E-state index contributed by atoms with van der Waals surface area (Å²) in [5, 5.41) is 16.2. The third-order valence-electron chi connectivity index (χ3n) is 3.93. The van der Waals surface area contributed by atoms with E-state index in [0.29, 0.717) is 6.61 Å². The molecule has 1 aromatic rings. The number of ether oxygens (including phenoxy) is 2. The lowest BCUT2D eigenvalue weighted by atomic mass is 10.0. The van der Waals surface area contributed by atoms with E-state index in [0.717, 1.165) is 61.3 Å². The van der Waals surface area contributed by atoms with Gasteiger partial charge in [0.1, 0.15) is 17.6 Å². The predicted octanol–water partition coefficient (Wildman–Crippen LogP) is 3.83. The van der Waals surface area contributed by atoms with E-state index in [2.05, 4.69) is 0 Å². The van der Waals surface area contributed by atoms with Crippen molar-refractivity contribution in [3.63, 3.8) is 0 Å². The zero-order chi connectivity index (χ0) is 16.7. The van der Waals surface area contributed by atoms with Crippen LogP contribution in [0.5, 0.6) is 11.5 Å². The van der Waals surface area contributed by atoms with Crippen LogP contribution >= 0.6 is 0 Å². The Kier molecular flexibility index (Phi) is 6.44. The smallest absolute Gasteiger partial charge is 0.307 e. The lowest BCUT2D eigenvalue weighted by molar-refractivity contribution is -0.139. The molecule has 0 bridgehead atoms. The molecule has 23 heavy (non-hydrogen) atoms. The molecule has 1 atom stereocenters. The molecule has 0 aromatic heterocycles. The van der Waals surface area contributed by atoms with Gasteiger partial charge in [0.25, 0.3) is 0 Å². The molecule has 0 fully saturated rings. The number of carbonyl (C=O) groups is 1. The SMILES string of the molecule is CC(=N)CCCCCOc1ccc2c(c1)CCC(CC(=O)O)O2. The number of nitrogens with one attached hydrogen (secondary N) is 1. The normalized spacial score (nSPS) is 16.3. The van der Waals surface area contributed by atoms with Crippen LogP contribution in [0.3, 0.4) is 0 Å². The molecule has 2 rings (SSSR count). The largest absolute Gasteiger partial charge is 0.494 e. The number of fused-ring (bicyclic) bond motifs is 1. The highest BCUT2D eigenvalue weighted by molar-refractivity contribution is 5.78. The van der Waals surface area contributed by atoms with E-state index in [1.54, 1.807) is 0 Å². The van der Waals surface area contributed by atoms with Crippen LogP contribution in [0.25, 0.3) is 0 Å². The summed E-state index contributed by atoms with van der Waals surface area (Å²) in [6, 6.07) is 5.74. The molecular weight excluding hydrogens is 294 g/mol. The predicted molar refractivity (Wildman–Crippen MR) is 88.8 cm³/mol. The maximum atomic E-state index is 10.8. The van der Waals surface area contributed by atoms with Gasteiger partial charge in [0.2, 0.25) is 0 Å². The van der Waals surface area contributed by atoms with Crippen LogP contribution < -0.4 is 9.47 Å². The molecule has 1 aliphatic heterocycles. The minimum Gasteiger partial charge on any atom is -0.494 e. The van der Waals surface area contributed by atoms with Crippen LogP contribution in [0.1, 0.15) is 51.0 Å². The number of aliphatic carboxylic acids is 1. The Labute approximate surface area is 137 Å². The molecule has 0 amide bonds. The van der Waals surface area contributed by atoms with Gasteiger partial charge in [0.15, 0.2) is 0 Å². The lowest BCUT2D eigenvalue weighted by Crippen LogP contribution is -2.25. The van der Waals surface area contributed by atoms with Gasteiger partial charge >= 0.3 is 5.97 Å². The second-order valence-corrected chi connectivity index (χ2v) is 6.09. The highest BCUT2D eigenvalue weighted by Gasteiger charge is 2.22. The standard InChI is InChI=1S/C18H25NO4/c1-13(19)5-3-2-4-10-22-15-8-9-17-14(11-15)6-7-16(23-17)12-18(20)21/h8-9,11,16,19H,2-7,10,12H2,1H3,(H,20,21). The molecule has 1 aromatic carbocycles. The summed E-state index contributed by atoms with van der Waals surface area (Å²) in [7, 11) is 0. The molecule has 2 N–H and O–H groups in total. The lowest BCUT2D eigenvalue weighted by Gasteiger charge is -2.25. The van der Waals surface area contributed by atoms with E-state index in [1.165, 1.54) is 0 Å². The van der Waals surface area contributed by atoms with Crippen LogP contribution in [0, 0.1) is 5.41 Å². The Morgan fingerprint density at radius 3 is 2.96 bits per heavy atom. The van der Waals surface area contributed by atoms with E-state index in [4.69, 9.17) is 20.0 Å². The molecule has 0 saturated heterocycles. The molecular formula is C18H25NO4. The summed E-state index contributed by atoms with van der Waals surface area (Å²) < 4.78 is 11.5. The number of carboxylic acid groups (broad SMARTS) is 1. The first-order chi connectivity index (χ1) is 11.0. The molecule has 126 valence electrons. The van der Waals surface area contributed by atoms with Gasteiger partial charge in [-0.2, -0.15) is 0 Å². The van der Waals surface area contributed by atoms with Crippen molar-refractivity contribution in [1.82, 2.24) is 0 Å². The summed E-state index contributed by atoms with van der Waals surface area (Å²) in [5.41, 5.74) is 1.82.